The molecule has 0 spiro atoms. The van der Waals surface area contributed by atoms with Crippen molar-refractivity contribution in [1.82, 2.24) is 0 Å². The number of amides is 1. The highest BCUT2D eigenvalue weighted by molar-refractivity contribution is 5.74. The summed E-state index contributed by atoms with van der Waals surface area (Å²) in [6, 6.07) is 8.71. The summed E-state index contributed by atoms with van der Waals surface area (Å²) < 4.78 is 0. The van der Waals surface area contributed by atoms with E-state index in [1.807, 2.05) is 0 Å². The predicted molar refractivity (Wildman–Crippen MR) is 80.9 cm³/mol. The van der Waals surface area contributed by atoms with E-state index in [4.69, 9.17) is 5.73 Å². The van der Waals surface area contributed by atoms with Crippen molar-refractivity contribution in [2.24, 2.45) is 23.5 Å². The number of primary amides is 1. The van der Waals surface area contributed by atoms with Crippen molar-refractivity contribution < 1.29 is 4.79 Å². The van der Waals surface area contributed by atoms with Gasteiger partial charge in [0.05, 0.1) is 0 Å². The van der Waals surface area contributed by atoms with Crippen LogP contribution in [0.3, 0.4) is 0 Å². The van der Waals surface area contributed by atoms with Crippen molar-refractivity contribution in [2.75, 3.05) is 0 Å². The number of aryl methyl sites for hydroxylation is 1. The first-order valence-electron chi connectivity index (χ1n) is 7.17. The van der Waals surface area contributed by atoms with Crippen LogP contribution in [0.15, 0.2) is 24.3 Å². The van der Waals surface area contributed by atoms with E-state index < -0.39 is 0 Å². The monoisotopic (exact) mass is 261 g/mol. The fourth-order valence-corrected chi connectivity index (χ4v) is 3.27. The highest BCUT2D eigenvalue weighted by Gasteiger charge is 2.28. The first-order valence-corrected chi connectivity index (χ1v) is 7.17. The molecule has 0 fully saturated rings. The Morgan fingerprint density at radius 3 is 2.05 bits per heavy atom. The van der Waals surface area contributed by atoms with Gasteiger partial charge in [0.15, 0.2) is 0 Å². The Morgan fingerprint density at radius 1 is 1.11 bits per heavy atom. The Balaban J connectivity index is 2.92. The lowest BCUT2D eigenvalue weighted by Gasteiger charge is -2.33. The Morgan fingerprint density at radius 2 is 1.63 bits per heavy atom. The minimum absolute atomic E-state index is 0.200. The van der Waals surface area contributed by atoms with Crippen LogP contribution >= 0.6 is 0 Å². The average molecular weight is 261 g/mol. The highest BCUT2D eigenvalue weighted by Crippen LogP contribution is 2.36. The van der Waals surface area contributed by atoms with E-state index in [9.17, 15) is 4.79 Å². The first-order chi connectivity index (χ1) is 8.82. The summed E-state index contributed by atoms with van der Waals surface area (Å²) >= 11 is 0. The smallest absolute Gasteiger partial charge is 0.217 e. The third kappa shape index (κ3) is 4.38. The van der Waals surface area contributed by atoms with Crippen molar-refractivity contribution in [3.63, 3.8) is 0 Å². The van der Waals surface area contributed by atoms with Crippen LogP contribution < -0.4 is 5.73 Å². The molecule has 19 heavy (non-hydrogen) atoms. The molecule has 0 aliphatic carbocycles. The van der Waals surface area contributed by atoms with Gasteiger partial charge in [0.2, 0.25) is 5.91 Å². The van der Waals surface area contributed by atoms with Crippen LogP contribution in [0.1, 0.15) is 51.2 Å². The molecule has 3 unspecified atom stereocenters. The van der Waals surface area contributed by atoms with Crippen LogP contribution in [0.5, 0.6) is 0 Å². The summed E-state index contributed by atoms with van der Waals surface area (Å²) in [6.07, 6.45) is 0.471. The van der Waals surface area contributed by atoms with E-state index in [1.54, 1.807) is 0 Å². The molecule has 0 bridgehead atoms. The topological polar surface area (TPSA) is 43.1 Å². The van der Waals surface area contributed by atoms with E-state index in [0.29, 0.717) is 30.1 Å². The zero-order chi connectivity index (χ0) is 14.6. The molecular weight excluding hydrogens is 234 g/mol. The van der Waals surface area contributed by atoms with E-state index in [0.717, 1.165) is 0 Å². The first kappa shape index (κ1) is 15.7. The second-order valence-electron chi connectivity index (χ2n) is 6.17. The third-order valence-electron chi connectivity index (χ3n) is 4.13. The number of benzene rings is 1. The molecule has 0 aliphatic heterocycles. The second kappa shape index (κ2) is 6.74. The van der Waals surface area contributed by atoms with Crippen LogP contribution in [-0.2, 0) is 4.79 Å². The van der Waals surface area contributed by atoms with Gasteiger partial charge in [0, 0.05) is 6.42 Å². The average Bonchev–Trinajstić information content (AvgIpc) is 2.28. The molecule has 0 radical (unpaired) electrons. The SMILES string of the molecule is Cc1ccc(C(C)C(C(C)C)C(C)CC(N)=O)cc1. The van der Waals surface area contributed by atoms with E-state index in [-0.39, 0.29) is 5.91 Å². The molecule has 2 nitrogen and oxygen atoms in total. The van der Waals surface area contributed by atoms with Gasteiger partial charge < -0.3 is 5.73 Å². The Bertz CT molecular complexity index is 408. The molecule has 0 saturated carbocycles. The standard InChI is InChI=1S/C17H27NO/c1-11(2)17(13(4)10-16(18)19)14(5)15-8-6-12(3)7-9-15/h6-9,11,13-14,17H,10H2,1-5H3,(H2,18,19). The molecule has 1 amide bonds. The quantitative estimate of drug-likeness (QED) is 0.829. The summed E-state index contributed by atoms with van der Waals surface area (Å²) in [6.45, 7) is 11.0. The molecule has 1 rings (SSSR count). The molecule has 0 aromatic heterocycles. The summed E-state index contributed by atoms with van der Waals surface area (Å²) in [7, 11) is 0. The van der Waals surface area contributed by atoms with Gasteiger partial charge in [-0.25, -0.2) is 0 Å². The normalized spacial score (nSPS) is 16.1. The molecule has 2 heteroatoms. The third-order valence-corrected chi connectivity index (χ3v) is 4.13. The minimum atomic E-state index is -0.200. The molecule has 1 aromatic carbocycles. The maximum Gasteiger partial charge on any atom is 0.217 e. The number of carbonyl (C=O) groups is 1. The lowest BCUT2D eigenvalue weighted by Crippen LogP contribution is -2.27. The van der Waals surface area contributed by atoms with Gasteiger partial charge in [-0.3, -0.25) is 4.79 Å². The summed E-state index contributed by atoms with van der Waals surface area (Å²) in [4.78, 5) is 11.2. The van der Waals surface area contributed by atoms with Crippen molar-refractivity contribution in [3.8, 4) is 0 Å². The van der Waals surface area contributed by atoms with E-state index in [2.05, 4.69) is 58.9 Å². The van der Waals surface area contributed by atoms with E-state index >= 15 is 0 Å². The molecule has 106 valence electrons. The van der Waals surface area contributed by atoms with Crippen molar-refractivity contribution in [1.29, 1.82) is 0 Å². The largest absolute Gasteiger partial charge is 0.370 e. The van der Waals surface area contributed by atoms with E-state index in [1.165, 1.54) is 11.1 Å². The van der Waals surface area contributed by atoms with Crippen molar-refractivity contribution >= 4 is 5.91 Å². The number of hydrogen-bond donors (Lipinski definition) is 1. The second-order valence-corrected chi connectivity index (χ2v) is 6.17. The number of rotatable bonds is 6. The van der Waals surface area contributed by atoms with Gasteiger partial charge in [-0.05, 0) is 36.2 Å². The fraction of sp³-hybridized carbons (Fsp3) is 0.588. The zero-order valence-electron chi connectivity index (χ0n) is 12.8. The van der Waals surface area contributed by atoms with Gasteiger partial charge in [-0.2, -0.15) is 0 Å². The maximum atomic E-state index is 11.2. The zero-order valence-corrected chi connectivity index (χ0v) is 12.8. The number of hydrogen-bond acceptors (Lipinski definition) is 1. The number of nitrogens with two attached hydrogens (primary N) is 1. The van der Waals surface area contributed by atoms with Crippen molar-refractivity contribution in [2.45, 2.75) is 47.0 Å². The molecule has 1 aromatic rings. The van der Waals surface area contributed by atoms with Gasteiger partial charge in [-0.1, -0.05) is 57.5 Å². The van der Waals surface area contributed by atoms with Crippen LogP contribution in [0, 0.1) is 24.7 Å². The van der Waals surface area contributed by atoms with Gasteiger partial charge in [-0.15, -0.1) is 0 Å². The van der Waals surface area contributed by atoms with Crippen LogP contribution in [0.2, 0.25) is 0 Å². The summed E-state index contributed by atoms with van der Waals surface area (Å²) in [5.74, 6) is 1.55. The van der Waals surface area contributed by atoms with Gasteiger partial charge >= 0.3 is 0 Å². The summed E-state index contributed by atoms with van der Waals surface area (Å²) in [5.41, 5.74) is 7.98. The lowest BCUT2D eigenvalue weighted by molar-refractivity contribution is -0.119. The molecule has 0 aliphatic rings. The predicted octanol–water partition coefficient (Wildman–Crippen LogP) is 3.88. The fourth-order valence-electron chi connectivity index (χ4n) is 3.27. The minimum Gasteiger partial charge on any atom is -0.370 e. The lowest BCUT2D eigenvalue weighted by atomic mass is 9.72. The number of carbonyl (C=O) groups excluding carboxylic acids is 1. The molecular formula is C17H27NO. The Labute approximate surface area is 117 Å². The maximum absolute atomic E-state index is 11.2. The summed E-state index contributed by atoms with van der Waals surface area (Å²) in [5, 5.41) is 0. The van der Waals surface area contributed by atoms with Gasteiger partial charge in [0.1, 0.15) is 0 Å². The molecule has 3 atom stereocenters. The van der Waals surface area contributed by atoms with Crippen LogP contribution in [0.25, 0.3) is 0 Å². The van der Waals surface area contributed by atoms with Crippen molar-refractivity contribution in [3.05, 3.63) is 35.4 Å². The molecule has 2 N–H and O–H groups in total. The Hall–Kier alpha value is -1.31. The van der Waals surface area contributed by atoms with Crippen LogP contribution in [0.4, 0.5) is 0 Å². The van der Waals surface area contributed by atoms with Crippen LogP contribution in [-0.4, -0.2) is 5.91 Å². The molecule has 0 saturated heterocycles. The highest BCUT2D eigenvalue weighted by atomic mass is 16.1. The molecule has 0 heterocycles. The Kier molecular flexibility index (Phi) is 5.59. The van der Waals surface area contributed by atoms with Gasteiger partial charge in [0.25, 0.3) is 0 Å².